The molecule has 10 nitrogen and oxygen atoms in total. The molecular weight excluding hydrogens is 456 g/mol. The maximum Gasteiger partial charge on any atom is 0.387 e. The second kappa shape index (κ2) is 11.0. The number of amides is 2. The zero-order valence-electron chi connectivity index (χ0n) is 16.3. The number of hydrogen-bond donors (Lipinski definition) is 2. The van der Waals surface area contributed by atoms with Crippen molar-refractivity contribution in [2.75, 3.05) is 11.9 Å². The lowest BCUT2D eigenvalue weighted by Crippen LogP contribution is -2.35. The second-order valence-corrected chi connectivity index (χ2v) is 6.54. The Kier molecular flexibility index (Phi) is 8.41. The van der Waals surface area contributed by atoms with Gasteiger partial charge in [0.05, 0.1) is 9.95 Å². The number of esters is 1. The lowest BCUT2D eigenvalue weighted by Gasteiger charge is -2.14. The zero-order valence-corrected chi connectivity index (χ0v) is 17.1. The summed E-state index contributed by atoms with van der Waals surface area (Å²) in [5.41, 5.74) is -0.183. The van der Waals surface area contributed by atoms with Crippen molar-refractivity contribution < 1.29 is 37.6 Å². The zero-order chi connectivity index (χ0) is 23.8. The van der Waals surface area contributed by atoms with Crippen molar-refractivity contribution in [3.05, 3.63) is 63.2 Å². The maximum absolute atomic E-state index is 12.2. The van der Waals surface area contributed by atoms with Crippen LogP contribution < -0.4 is 15.4 Å². The van der Waals surface area contributed by atoms with Crippen molar-refractivity contribution in [2.45, 2.75) is 19.6 Å². The molecule has 0 radical (unpaired) electrons. The molecule has 0 aliphatic heterocycles. The Morgan fingerprint density at radius 1 is 1.19 bits per heavy atom. The predicted molar refractivity (Wildman–Crippen MR) is 108 cm³/mol. The third kappa shape index (κ3) is 7.16. The van der Waals surface area contributed by atoms with Gasteiger partial charge in [0.25, 0.3) is 17.5 Å². The van der Waals surface area contributed by atoms with E-state index in [4.69, 9.17) is 16.3 Å². The van der Waals surface area contributed by atoms with Crippen LogP contribution in [-0.2, 0) is 14.3 Å². The molecule has 2 amide bonds. The molecule has 2 aromatic rings. The van der Waals surface area contributed by atoms with E-state index in [-0.39, 0.29) is 27.7 Å². The van der Waals surface area contributed by atoms with E-state index in [2.05, 4.69) is 15.4 Å². The number of alkyl halides is 2. The summed E-state index contributed by atoms with van der Waals surface area (Å²) in [5, 5.41) is 15.2. The number of halogens is 3. The van der Waals surface area contributed by atoms with E-state index in [1.165, 1.54) is 37.3 Å². The van der Waals surface area contributed by atoms with Crippen molar-refractivity contribution in [3.8, 4) is 5.75 Å². The van der Waals surface area contributed by atoms with Crippen LogP contribution in [0.5, 0.6) is 5.75 Å². The number of anilines is 1. The van der Waals surface area contributed by atoms with Crippen molar-refractivity contribution >= 4 is 40.8 Å². The van der Waals surface area contributed by atoms with Crippen LogP contribution in [0.4, 0.5) is 20.2 Å². The van der Waals surface area contributed by atoms with E-state index < -0.39 is 42.0 Å². The van der Waals surface area contributed by atoms with Gasteiger partial charge < -0.3 is 20.1 Å². The van der Waals surface area contributed by atoms with Gasteiger partial charge in [-0.2, -0.15) is 8.78 Å². The van der Waals surface area contributed by atoms with Gasteiger partial charge in [-0.15, -0.1) is 0 Å². The van der Waals surface area contributed by atoms with Crippen molar-refractivity contribution in [3.63, 3.8) is 0 Å². The molecule has 32 heavy (non-hydrogen) atoms. The first kappa shape index (κ1) is 24.5. The fourth-order valence-electron chi connectivity index (χ4n) is 2.32. The van der Waals surface area contributed by atoms with Gasteiger partial charge in [0, 0.05) is 23.4 Å². The number of benzene rings is 2. The molecule has 0 saturated heterocycles. The number of nitro benzene ring substituents is 1. The summed E-state index contributed by atoms with van der Waals surface area (Å²) in [5.74, 6) is -2.71. The average molecular weight is 472 g/mol. The largest absolute Gasteiger partial charge is 0.451 e. The minimum Gasteiger partial charge on any atom is -0.451 e. The summed E-state index contributed by atoms with van der Waals surface area (Å²) < 4.78 is 33.6. The van der Waals surface area contributed by atoms with Crippen LogP contribution in [0.25, 0.3) is 0 Å². The van der Waals surface area contributed by atoms with Crippen molar-refractivity contribution in [2.24, 2.45) is 0 Å². The maximum atomic E-state index is 12.2. The highest BCUT2D eigenvalue weighted by Gasteiger charge is 2.20. The molecule has 2 N–H and O–H groups in total. The number of non-ortho nitro benzene ring substituents is 1. The van der Waals surface area contributed by atoms with E-state index in [1.54, 1.807) is 0 Å². The van der Waals surface area contributed by atoms with Crippen LogP contribution in [0.2, 0.25) is 5.02 Å². The quantitative estimate of drug-likeness (QED) is 0.325. The summed E-state index contributed by atoms with van der Waals surface area (Å²) in [6.07, 6.45) is -1.27. The Bertz CT molecular complexity index is 1040. The summed E-state index contributed by atoms with van der Waals surface area (Å²) >= 11 is 5.80. The SMILES string of the molecule is CC(OC(=O)CNC(=O)c1cccc([N+](=O)[O-])c1)C(=O)Nc1ccc(OC(F)F)c(Cl)c1. The summed E-state index contributed by atoms with van der Waals surface area (Å²) in [4.78, 5) is 46.1. The summed E-state index contributed by atoms with van der Waals surface area (Å²) in [6.45, 7) is -2.39. The minimum atomic E-state index is -3.06. The number of rotatable bonds is 9. The number of carbonyl (C=O) groups excluding carboxylic acids is 3. The molecule has 170 valence electrons. The molecule has 2 aromatic carbocycles. The minimum absolute atomic E-state index is 0.0334. The molecule has 0 spiro atoms. The summed E-state index contributed by atoms with van der Waals surface area (Å²) in [6, 6.07) is 8.45. The molecule has 0 fully saturated rings. The molecular formula is C19H16ClF2N3O7. The third-order valence-corrected chi connectivity index (χ3v) is 4.10. The standard InChI is InChI=1S/C19H16ClF2N3O7/c1-10(17(27)24-12-5-6-15(14(20)8-12)32-19(21)22)31-16(26)9-23-18(28)11-3-2-4-13(7-11)25(29)30/h2-8,10,19H,9H2,1H3,(H,23,28)(H,24,27). The highest BCUT2D eigenvalue weighted by atomic mass is 35.5. The van der Waals surface area contributed by atoms with Gasteiger partial charge in [0.15, 0.2) is 6.10 Å². The lowest BCUT2D eigenvalue weighted by molar-refractivity contribution is -0.384. The van der Waals surface area contributed by atoms with Gasteiger partial charge in [-0.1, -0.05) is 17.7 Å². The number of nitrogens with zero attached hydrogens (tertiary/aromatic N) is 1. The first-order valence-electron chi connectivity index (χ1n) is 8.84. The third-order valence-electron chi connectivity index (χ3n) is 3.81. The van der Waals surface area contributed by atoms with Crippen molar-refractivity contribution in [1.82, 2.24) is 5.32 Å². The molecule has 0 bridgehead atoms. The highest BCUT2D eigenvalue weighted by molar-refractivity contribution is 6.32. The molecule has 13 heteroatoms. The topological polar surface area (TPSA) is 137 Å². The monoisotopic (exact) mass is 471 g/mol. The molecule has 0 aromatic heterocycles. The van der Waals surface area contributed by atoms with Crippen LogP contribution in [0, 0.1) is 10.1 Å². The van der Waals surface area contributed by atoms with E-state index in [9.17, 15) is 33.3 Å². The Morgan fingerprint density at radius 3 is 2.53 bits per heavy atom. The Morgan fingerprint density at radius 2 is 1.91 bits per heavy atom. The first-order chi connectivity index (χ1) is 15.1. The summed E-state index contributed by atoms with van der Waals surface area (Å²) in [7, 11) is 0. The van der Waals surface area contributed by atoms with Crippen LogP contribution in [0.15, 0.2) is 42.5 Å². The Balaban J connectivity index is 1.86. The first-order valence-corrected chi connectivity index (χ1v) is 9.22. The molecule has 1 atom stereocenters. The van der Waals surface area contributed by atoms with Gasteiger partial charge in [-0.25, -0.2) is 0 Å². The van der Waals surface area contributed by atoms with Crippen LogP contribution in [0.3, 0.4) is 0 Å². The number of carbonyl (C=O) groups is 3. The highest BCUT2D eigenvalue weighted by Crippen LogP contribution is 2.29. The lowest BCUT2D eigenvalue weighted by atomic mass is 10.2. The van der Waals surface area contributed by atoms with Crippen LogP contribution >= 0.6 is 11.6 Å². The van der Waals surface area contributed by atoms with E-state index in [0.717, 1.165) is 12.1 Å². The second-order valence-electron chi connectivity index (χ2n) is 6.14. The number of nitrogens with one attached hydrogen (secondary N) is 2. The predicted octanol–water partition coefficient (Wildman–Crippen LogP) is 3.15. The fourth-order valence-corrected chi connectivity index (χ4v) is 2.55. The number of hydrogen-bond acceptors (Lipinski definition) is 7. The average Bonchev–Trinajstić information content (AvgIpc) is 2.73. The van der Waals surface area contributed by atoms with Crippen LogP contribution in [0.1, 0.15) is 17.3 Å². The molecule has 2 rings (SSSR count). The molecule has 0 heterocycles. The molecule has 0 aliphatic rings. The smallest absolute Gasteiger partial charge is 0.387 e. The fraction of sp³-hybridized carbons (Fsp3) is 0.211. The van der Waals surface area contributed by atoms with E-state index >= 15 is 0 Å². The number of nitro groups is 1. The van der Waals surface area contributed by atoms with Gasteiger partial charge >= 0.3 is 12.6 Å². The van der Waals surface area contributed by atoms with Gasteiger partial charge in [0.2, 0.25) is 0 Å². The molecule has 0 aliphatic carbocycles. The number of ether oxygens (including phenoxy) is 2. The van der Waals surface area contributed by atoms with Crippen molar-refractivity contribution in [1.29, 1.82) is 0 Å². The van der Waals surface area contributed by atoms with E-state index in [1.807, 2.05) is 0 Å². The molecule has 0 saturated carbocycles. The van der Waals surface area contributed by atoms with Crippen LogP contribution in [-0.4, -0.2) is 42.0 Å². The van der Waals surface area contributed by atoms with Gasteiger partial charge in [-0.3, -0.25) is 24.5 Å². The Hall–Kier alpha value is -3.80. The normalized spacial score (nSPS) is 11.4. The Labute approximate surface area is 184 Å². The van der Waals surface area contributed by atoms with Gasteiger partial charge in [-0.05, 0) is 31.2 Å². The van der Waals surface area contributed by atoms with Gasteiger partial charge in [0.1, 0.15) is 12.3 Å². The van der Waals surface area contributed by atoms with E-state index in [0.29, 0.717) is 0 Å². The molecule has 1 unspecified atom stereocenters.